The Labute approximate surface area is 72.3 Å². The van der Waals surface area contributed by atoms with Gasteiger partial charge in [0.15, 0.2) is 0 Å². The van der Waals surface area contributed by atoms with Crippen LogP contribution in [0.3, 0.4) is 0 Å². The van der Waals surface area contributed by atoms with Crippen molar-refractivity contribution in [3.63, 3.8) is 0 Å². The summed E-state index contributed by atoms with van der Waals surface area (Å²) >= 11 is 3.06. The summed E-state index contributed by atoms with van der Waals surface area (Å²) in [5, 5.41) is -2.95. The minimum atomic E-state index is -6.51. The Morgan fingerprint density at radius 3 is 1.31 bits per heavy atom. The van der Waals surface area contributed by atoms with Crippen LogP contribution in [0.25, 0.3) is 0 Å². The predicted octanol–water partition coefficient (Wildman–Crippen LogP) is 2.54. The highest BCUT2D eigenvalue weighted by Gasteiger charge is 2.75. The van der Waals surface area contributed by atoms with Gasteiger partial charge in [0.1, 0.15) is 0 Å². The predicted molar refractivity (Wildman–Crippen MR) is 28.5 cm³/mol. The molecular formula is C4F7OS. The summed E-state index contributed by atoms with van der Waals surface area (Å²) in [6, 6.07) is 0. The summed E-state index contributed by atoms with van der Waals surface area (Å²) in [5.41, 5.74) is 0. The van der Waals surface area contributed by atoms with Crippen LogP contribution in [-0.2, 0) is 4.79 Å². The van der Waals surface area contributed by atoms with Gasteiger partial charge in [0, 0.05) is 0 Å². The van der Waals surface area contributed by atoms with Crippen molar-refractivity contribution in [3.8, 4) is 0 Å². The van der Waals surface area contributed by atoms with Gasteiger partial charge >= 0.3 is 18.0 Å². The molecule has 0 unspecified atom stereocenters. The van der Waals surface area contributed by atoms with Crippen molar-refractivity contribution in [2.24, 2.45) is 0 Å². The fourth-order valence-corrected chi connectivity index (χ4v) is 0.434. The second-order valence-electron chi connectivity index (χ2n) is 1.93. The topological polar surface area (TPSA) is 17.1 Å². The SMILES string of the molecule is O=C([S])C(F)(F)C(F)(F)C(F)(F)F. The van der Waals surface area contributed by atoms with Crippen LogP contribution in [0.15, 0.2) is 0 Å². The zero-order valence-corrected chi connectivity index (χ0v) is 6.28. The molecule has 0 N–H and O–H groups in total. The van der Waals surface area contributed by atoms with E-state index >= 15 is 0 Å². The van der Waals surface area contributed by atoms with Crippen molar-refractivity contribution in [1.82, 2.24) is 0 Å². The van der Waals surface area contributed by atoms with Gasteiger partial charge in [-0.1, -0.05) is 0 Å². The first-order chi connectivity index (χ1) is 5.44. The molecule has 0 heterocycles. The molecule has 0 aromatic carbocycles. The molecule has 9 heteroatoms. The molecule has 0 saturated carbocycles. The minimum absolute atomic E-state index is 2.95. The minimum Gasteiger partial charge on any atom is -0.275 e. The van der Waals surface area contributed by atoms with Crippen LogP contribution in [0.5, 0.6) is 0 Å². The normalized spacial score (nSPS) is 14.4. The zero-order chi connectivity index (χ0) is 11.1. The van der Waals surface area contributed by atoms with Crippen molar-refractivity contribution in [2.75, 3.05) is 0 Å². The summed E-state index contributed by atoms with van der Waals surface area (Å²) in [4.78, 5) is 9.64. The second-order valence-corrected chi connectivity index (χ2v) is 2.30. The van der Waals surface area contributed by atoms with Gasteiger partial charge in [0.05, 0.1) is 0 Å². The monoisotopic (exact) mass is 229 g/mol. The van der Waals surface area contributed by atoms with Gasteiger partial charge in [-0.25, -0.2) is 0 Å². The number of carbonyl (C=O) groups is 1. The maximum absolute atomic E-state index is 11.9. The van der Waals surface area contributed by atoms with Crippen LogP contribution in [0.4, 0.5) is 30.7 Å². The van der Waals surface area contributed by atoms with Crippen LogP contribution in [0, 0.1) is 0 Å². The van der Waals surface area contributed by atoms with Gasteiger partial charge in [-0.15, -0.1) is 0 Å². The Morgan fingerprint density at radius 1 is 0.923 bits per heavy atom. The third-order valence-corrected chi connectivity index (χ3v) is 1.26. The van der Waals surface area contributed by atoms with Crippen molar-refractivity contribution < 1.29 is 35.5 Å². The average molecular weight is 229 g/mol. The van der Waals surface area contributed by atoms with Crippen molar-refractivity contribution in [3.05, 3.63) is 0 Å². The number of rotatable bonds is 2. The van der Waals surface area contributed by atoms with Crippen LogP contribution >= 0.6 is 12.6 Å². The fourth-order valence-electron chi connectivity index (χ4n) is 0.306. The molecule has 0 atom stereocenters. The van der Waals surface area contributed by atoms with Crippen molar-refractivity contribution in [2.45, 2.75) is 18.0 Å². The Balaban J connectivity index is 5.16. The van der Waals surface area contributed by atoms with E-state index in [2.05, 4.69) is 12.6 Å². The molecular weight excluding hydrogens is 229 g/mol. The van der Waals surface area contributed by atoms with Crippen LogP contribution < -0.4 is 0 Å². The molecule has 0 spiro atoms. The molecule has 77 valence electrons. The lowest BCUT2D eigenvalue weighted by molar-refractivity contribution is -0.341. The highest BCUT2D eigenvalue weighted by molar-refractivity contribution is 7.96. The van der Waals surface area contributed by atoms with E-state index < -0.39 is 23.1 Å². The number of carbonyl (C=O) groups excluding carboxylic acids is 1. The van der Waals surface area contributed by atoms with Crippen LogP contribution in [0.2, 0.25) is 0 Å². The van der Waals surface area contributed by atoms with E-state index in [1.165, 1.54) is 0 Å². The number of hydrogen-bond donors (Lipinski definition) is 0. The molecule has 1 nitrogen and oxygen atoms in total. The molecule has 0 bridgehead atoms. The fraction of sp³-hybridized carbons (Fsp3) is 0.750. The molecule has 0 aliphatic rings. The number of hydrogen-bond acceptors (Lipinski definition) is 1. The standard InChI is InChI=1S/C4F7OS/c5-2(6,1(12)13)3(7,8)4(9,10)11. The first-order valence-corrected chi connectivity index (χ1v) is 2.89. The lowest BCUT2D eigenvalue weighted by Gasteiger charge is -2.24. The van der Waals surface area contributed by atoms with E-state index in [1.54, 1.807) is 0 Å². The van der Waals surface area contributed by atoms with Gasteiger partial charge in [-0.05, 0) is 12.6 Å². The van der Waals surface area contributed by atoms with E-state index in [0.717, 1.165) is 0 Å². The van der Waals surface area contributed by atoms with Crippen LogP contribution in [-0.4, -0.2) is 23.1 Å². The Morgan fingerprint density at radius 2 is 1.23 bits per heavy atom. The van der Waals surface area contributed by atoms with E-state index in [1.807, 2.05) is 0 Å². The Bertz CT molecular complexity index is 219. The first-order valence-electron chi connectivity index (χ1n) is 2.48. The summed E-state index contributed by atoms with van der Waals surface area (Å²) in [6.45, 7) is 0. The van der Waals surface area contributed by atoms with Gasteiger partial charge in [0.2, 0.25) is 0 Å². The Hall–Kier alpha value is -0.600. The van der Waals surface area contributed by atoms with Crippen molar-refractivity contribution >= 4 is 17.7 Å². The molecule has 0 aromatic heterocycles. The van der Waals surface area contributed by atoms with E-state index in [-0.39, 0.29) is 0 Å². The average Bonchev–Trinajstić information content (AvgIpc) is 1.84. The molecule has 0 aromatic rings. The van der Waals surface area contributed by atoms with Crippen LogP contribution in [0.1, 0.15) is 0 Å². The quantitative estimate of drug-likeness (QED) is 0.665. The summed E-state index contributed by atoms with van der Waals surface area (Å²) in [7, 11) is 0. The summed E-state index contributed by atoms with van der Waals surface area (Å²) in [6.07, 6.45) is -6.51. The highest BCUT2D eigenvalue weighted by atomic mass is 32.1. The molecule has 0 fully saturated rings. The molecule has 0 amide bonds. The van der Waals surface area contributed by atoms with Crippen molar-refractivity contribution in [1.29, 1.82) is 0 Å². The molecule has 13 heavy (non-hydrogen) atoms. The zero-order valence-electron chi connectivity index (χ0n) is 5.46. The maximum atomic E-state index is 11.9. The smallest absolute Gasteiger partial charge is 0.275 e. The van der Waals surface area contributed by atoms with E-state index in [9.17, 15) is 35.5 Å². The maximum Gasteiger partial charge on any atom is 0.460 e. The van der Waals surface area contributed by atoms with Gasteiger partial charge < -0.3 is 0 Å². The summed E-state index contributed by atoms with van der Waals surface area (Å²) in [5.74, 6) is -12.3. The third-order valence-electron chi connectivity index (χ3n) is 1.01. The van der Waals surface area contributed by atoms with Gasteiger partial charge in [-0.2, -0.15) is 30.7 Å². The van der Waals surface area contributed by atoms with Gasteiger partial charge in [0.25, 0.3) is 5.12 Å². The molecule has 0 aliphatic heterocycles. The summed E-state index contributed by atoms with van der Waals surface area (Å²) < 4.78 is 81.2. The lowest BCUT2D eigenvalue weighted by atomic mass is 10.2. The lowest BCUT2D eigenvalue weighted by Crippen LogP contribution is -2.54. The largest absolute Gasteiger partial charge is 0.460 e. The third kappa shape index (κ3) is 1.84. The number of halogens is 7. The highest BCUT2D eigenvalue weighted by Crippen LogP contribution is 2.47. The van der Waals surface area contributed by atoms with Gasteiger partial charge in [-0.3, -0.25) is 4.79 Å². The van der Waals surface area contributed by atoms with E-state index in [4.69, 9.17) is 0 Å². The Kier molecular flexibility index (Phi) is 2.83. The second kappa shape index (κ2) is 2.96. The molecule has 1 radical (unpaired) electrons. The molecule has 0 saturated heterocycles. The molecule has 0 rings (SSSR count). The molecule has 0 aliphatic carbocycles. The first kappa shape index (κ1) is 12.4. The van der Waals surface area contributed by atoms with E-state index in [0.29, 0.717) is 0 Å². The number of alkyl halides is 7.